The van der Waals surface area contributed by atoms with Crippen molar-refractivity contribution in [2.45, 2.75) is 31.9 Å². The Morgan fingerprint density at radius 2 is 1.68 bits per heavy atom. The molecule has 0 aromatic heterocycles. The van der Waals surface area contributed by atoms with Gasteiger partial charge in [0.05, 0.1) is 10.4 Å². The molecule has 0 atom stereocenters. The molecule has 25 heavy (non-hydrogen) atoms. The smallest absolute Gasteiger partial charge is 0.237 e. The summed E-state index contributed by atoms with van der Waals surface area (Å²) in [7, 11) is -3.85. The number of nitrogens with one attached hydrogen (secondary N) is 1. The zero-order chi connectivity index (χ0) is 19.0. The summed E-state index contributed by atoms with van der Waals surface area (Å²) in [4.78, 5) is 0. The average Bonchev–Trinajstić information content (AvgIpc) is 2.47. The summed E-state index contributed by atoms with van der Waals surface area (Å²) in [6.07, 6.45) is -0.283. The molecule has 0 aliphatic rings. The number of halogens is 4. The second-order valence-electron chi connectivity index (χ2n) is 6.52. The Morgan fingerprint density at radius 1 is 1.04 bits per heavy atom. The van der Waals surface area contributed by atoms with Crippen LogP contribution >= 0.6 is 22.6 Å². The minimum absolute atomic E-state index is 0.105. The summed E-state index contributed by atoms with van der Waals surface area (Å²) >= 11 is 1.93. The third-order valence-electron chi connectivity index (χ3n) is 3.63. The molecule has 136 valence electrons. The molecule has 0 saturated carbocycles. The average molecular weight is 483 g/mol. The van der Waals surface area contributed by atoms with Crippen LogP contribution in [0, 0.1) is 21.0 Å². The minimum Gasteiger partial charge on any atom is -0.283 e. The maximum absolute atomic E-state index is 14.3. The highest BCUT2D eigenvalue weighted by Gasteiger charge is 2.30. The van der Waals surface area contributed by atoms with Crippen LogP contribution in [0.2, 0.25) is 0 Å². The summed E-state index contributed by atoms with van der Waals surface area (Å²) in [6, 6.07) is 6.34. The maximum atomic E-state index is 14.3. The number of hydrogen-bond acceptors (Lipinski definition) is 2. The molecule has 0 bridgehead atoms. The van der Waals surface area contributed by atoms with E-state index in [0.717, 1.165) is 12.1 Å². The van der Waals surface area contributed by atoms with Crippen molar-refractivity contribution >= 4 is 38.3 Å². The Kier molecular flexibility index (Phi) is 5.72. The fraction of sp³-hybridized carbons (Fsp3) is 0.294. The molecule has 2 rings (SSSR count). The molecule has 1 N–H and O–H groups in total. The lowest BCUT2D eigenvalue weighted by Crippen LogP contribution is -2.34. The number of benzene rings is 2. The van der Waals surface area contributed by atoms with Crippen molar-refractivity contribution in [2.75, 3.05) is 4.72 Å². The van der Waals surface area contributed by atoms with E-state index in [1.165, 1.54) is 32.9 Å². The Balaban J connectivity index is 2.51. The molecule has 0 fully saturated rings. The normalized spacial score (nSPS) is 12.3. The van der Waals surface area contributed by atoms with Gasteiger partial charge in [-0.3, -0.25) is 4.72 Å². The molecule has 0 unspecified atom stereocenters. The van der Waals surface area contributed by atoms with Gasteiger partial charge in [-0.1, -0.05) is 6.07 Å². The van der Waals surface area contributed by atoms with E-state index in [4.69, 9.17) is 0 Å². The van der Waals surface area contributed by atoms with E-state index in [2.05, 4.69) is 4.72 Å². The predicted molar refractivity (Wildman–Crippen MR) is 101 cm³/mol. The van der Waals surface area contributed by atoms with Gasteiger partial charge >= 0.3 is 0 Å². The van der Waals surface area contributed by atoms with Crippen molar-refractivity contribution in [3.05, 3.63) is 62.5 Å². The highest BCUT2D eigenvalue weighted by atomic mass is 127. The van der Waals surface area contributed by atoms with Gasteiger partial charge in [-0.25, -0.2) is 21.6 Å². The Morgan fingerprint density at radius 3 is 2.24 bits per heavy atom. The molecular formula is C17H17F3INO2S. The van der Waals surface area contributed by atoms with Crippen molar-refractivity contribution in [1.29, 1.82) is 0 Å². The summed E-state index contributed by atoms with van der Waals surface area (Å²) in [6.45, 7) is 4.44. The van der Waals surface area contributed by atoms with E-state index in [-0.39, 0.29) is 23.2 Å². The van der Waals surface area contributed by atoms with Crippen LogP contribution in [0.1, 0.15) is 31.9 Å². The summed E-state index contributed by atoms with van der Waals surface area (Å²) in [5.41, 5.74) is -0.208. The van der Waals surface area contributed by atoms with Crippen molar-refractivity contribution in [3.8, 4) is 0 Å². The molecule has 0 radical (unpaired) electrons. The Hall–Kier alpha value is -1.29. The third kappa shape index (κ3) is 4.46. The van der Waals surface area contributed by atoms with Gasteiger partial charge in [-0.05, 0) is 73.2 Å². The molecule has 0 heterocycles. The maximum Gasteiger partial charge on any atom is 0.237 e. The van der Waals surface area contributed by atoms with E-state index < -0.39 is 32.2 Å². The van der Waals surface area contributed by atoms with E-state index >= 15 is 0 Å². The number of anilines is 1. The molecular weight excluding hydrogens is 466 g/mol. The molecule has 3 nitrogen and oxygen atoms in total. The molecule has 2 aromatic rings. The summed E-state index contributed by atoms with van der Waals surface area (Å²) < 4.78 is 68.5. The molecule has 0 saturated heterocycles. The first kappa shape index (κ1) is 20.0. The lowest BCUT2D eigenvalue weighted by molar-refractivity contribution is 0.500. The standard InChI is InChI=1S/C17H17F3INO2S/c1-17(2,3)25(23,24)22-15-7-6-13(18)16(20)12(15)8-10-4-5-11(21)9-14(10)19/h4-7,9,22H,8H2,1-3H3. The molecule has 0 aliphatic heterocycles. The summed E-state index contributed by atoms with van der Waals surface area (Å²) in [5.74, 6) is -2.90. The number of sulfonamides is 1. The van der Waals surface area contributed by atoms with Gasteiger partial charge in [0.1, 0.15) is 5.82 Å². The van der Waals surface area contributed by atoms with Gasteiger partial charge in [-0.2, -0.15) is 0 Å². The predicted octanol–water partition coefficient (Wildman–Crippen LogP) is 4.84. The number of hydrogen-bond donors (Lipinski definition) is 1. The second-order valence-corrected chi connectivity index (χ2v) is 10.2. The molecule has 0 aliphatic carbocycles. The van der Waals surface area contributed by atoms with E-state index in [9.17, 15) is 21.6 Å². The van der Waals surface area contributed by atoms with Gasteiger partial charge in [0.25, 0.3) is 0 Å². The zero-order valence-electron chi connectivity index (χ0n) is 13.8. The van der Waals surface area contributed by atoms with Crippen molar-refractivity contribution in [2.24, 2.45) is 0 Å². The van der Waals surface area contributed by atoms with Gasteiger partial charge in [-0.15, -0.1) is 0 Å². The Bertz CT molecular complexity index is 909. The highest BCUT2D eigenvalue weighted by Crippen LogP contribution is 2.29. The first-order valence-electron chi connectivity index (χ1n) is 7.35. The van der Waals surface area contributed by atoms with Crippen LogP contribution in [0.25, 0.3) is 0 Å². The molecule has 0 spiro atoms. The van der Waals surface area contributed by atoms with E-state index in [1.807, 2.05) is 22.6 Å². The lowest BCUT2D eigenvalue weighted by Gasteiger charge is -2.22. The third-order valence-corrected chi connectivity index (χ3v) is 6.40. The second kappa shape index (κ2) is 7.14. The van der Waals surface area contributed by atoms with Crippen LogP contribution in [-0.4, -0.2) is 13.2 Å². The van der Waals surface area contributed by atoms with Gasteiger partial charge < -0.3 is 0 Å². The molecule has 8 heteroatoms. The van der Waals surface area contributed by atoms with Crippen molar-refractivity contribution in [3.63, 3.8) is 0 Å². The zero-order valence-corrected chi connectivity index (χ0v) is 16.8. The van der Waals surface area contributed by atoms with Crippen molar-refractivity contribution in [1.82, 2.24) is 0 Å². The van der Waals surface area contributed by atoms with Crippen LogP contribution in [0.3, 0.4) is 0 Å². The van der Waals surface area contributed by atoms with Crippen LogP contribution in [0.15, 0.2) is 30.3 Å². The van der Waals surface area contributed by atoms with Gasteiger partial charge in [0.2, 0.25) is 10.0 Å². The van der Waals surface area contributed by atoms with Crippen LogP contribution in [0.4, 0.5) is 18.9 Å². The van der Waals surface area contributed by atoms with Gasteiger partial charge in [0.15, 0.2) is 11.6 Å². The van der Waals surface area contributed by atoms with Crippen LogP contribution < -0.4 is 4.72 Å². The minimum atomic E-state index is -3.85. The largest absolute Gasteiger partial charge is 0.283 e. The topological polar surface area (TPSA) is 46.2 Å². The first-order valence-corrected chi connectivity index (χ1v) is 9.92. The Labute approximate surface area is 158 Å². The van der Waals surface area contributed by atoms with E-state index in [1.54, 1.807) is 6.07 Å². The molecule has 2 aromatic carbocycles. The molecule has 0 amide bonds. The number of rotatable bonds is 4. The fourth-order valence-electron chi connectivity index (χ4n) is 2.01. The highest BCUT2D eigenvalue weighted by molar-refractivity contribution is 14.1. The van der Waals surface area contributed by atoms with Crippen LogP contribution in [0.5, 0.6) is 0 Å². The fourth-order valence-corrected chi connectivity index (χ4v) is 3.25. The van der Waals surface area contributed by atoms with E-state index in [0.29, 0.717) is 3.57 Å². The first-order chi connectivity index (χ1) is 11.4. The van der Waals surface area contributed by atoms with Crippen LogP contribution in [-0.2, 0) is 16.4 Å². The summed E-state index contributed by atoms with van der Waals surface area (Å²) in [5, 5.41) is 0. The van der Waals surface area contributed by atoms with Crippen molar-refractivity contribution < 1.29 is 21.6 Å². The lowest BCUT2D eigenvalue weighted by atomic mass is 10.0. The van der Waals surface area contributed by atoms with Gasteiger partial charge in [0, 0.05) is 15.6 Å². The SMILES string of the molecule is CC(C)(C)S(=O)(=O)Nc1ccc(F)c(F)c1Cc1ccc(I)cc1F. The monoisotopic (exact) mass is 483 g/mol. The quantitative estimate of drug-likeness (QED) is 0.633.